The van der Waals surface area contributed by atoms with Crippen LogP contribution >= 0.6 is 27.3 Å². The molecule has 0 saturated carbocycles. The van der Waals surface area contributed by atoms with Crippen LogP contribution in [0.5, 0.6) is 17.4 Å². The molecule has 64 heavy (non-hydrogen) atoms. The first kappa shape index (κ1) is 46.2. The Labute approximate surface area is 383 Å². The van der Waals surface area contributed by atoms with Crippen LogP contribution in [0.15, 0.2) is 89.8 Å². The number of morpholine rings is 1. The SMILES string of the molecule is CCOC(=O)[C@@H](Cc1cc(CN(CCN2CCOCC2)C(=O)OC(C)(C)C)ccc1OCc1ccnc(-c2ccccc2OC)n1)Oc1ncnc2sc(-c3ccc(F)cc3)c(Br)c12. The van der Waals surface area contributed by atoms with Crippen molar-refractivity contribution in [3.8, 4) is 39.2 Å². The van der Waals surface area contributed by atoms with Gasteiger partial charge in [-0.2, -0.15) is 0 Å². The summed E-state index contributed by atoms with van der Waals surface area (Å²) < 4.78 is 50.0. The van der Waals surface area contributed by atoms with Crippen molar-refractivity contribution in [2.45, 2.75) is 59.0 Å². The lowest BCUT2D eigenvalue weighted by atomic mass is 10.0. The molecular weight excluding hydrogens is 908 g/mol. The number of carbonyl (C=O) groups is 2. The third-order valence-corrected chi connectivity index (χ3v) is 12.3. The second kappa shape index (κ2) is 21.3. The minimum Gasteiger partial charge on any atom is -0.496 e. The summed E-state index contributed by atoms with van der Waals surface area (Å²) >= 11 is 5.09. The third-order valence-electron chi connectivity index (χ3n) is 10.1. The van der Waals surface area contributed by atoms with Gasteiger partial charge in [0.1, 0.15) is 40.7 Å². The number of nitrogens with zero attached hydrogens (tertiary/aromatic N) is 6. The van der Waals surface area contributed by atoms with E-state index in [1.807, 2.05) is 63.2 Å². The topological polar surface area (TPSA) is 148 Å². The van der Waals surface area contributed by atoms with E-state index in [1.165, 1.54) is 29.8 Å². The number of rotatable bonds is 17. The van der Waals surface area contributed by atoms with Crippen molar-refractivity contribution in [2.24, 2.45) is 0 Å². The van der Waals surface area contributed by atoms with Crippen molar-refractivity contribution in [1.82, 2.24) is 29.7 Å². The number of hydrogen-bond donors (Lipinski definition) is 0. The monoisotopic (exact) mass is 956 g/mol. The number of halogens is 2. The zero-order chi connectivity index (χ0) is 45.2. The lowest BCUT2D eigenvalue weighted by molar-refractivity contribution is -0.151. The van der Waals surface area contributed by atoms with Crippen LogP contribution < -0.4 is 14.2 Å². The maximum absolute atomic E-state index is 13.9. The molecule has 4 heterocycles. The molecule has 7 rings (SSSR count). The van der Waals surface area contributed by atoms with Crippen molar-refractivity contribution < 1.29 is 42.4 Å². The average molecular weight is 958 g/mol. The van der Waals surface area contributed by atoms with Gasteiger partial charge in [-0.25, -0.2) is 33.9 Å². The number of amides is 1. The standard InChI is InChI=1S/C47H50BrFN6O8S/c1-6-60-45(56)38(62-43-39-40(48)41(64-44(39)52-29-51-43)31-12-14-33(49)15-13-31)26-32-25-30(27-55(46(57)63-47(2,3)4)20-19-54-21-23-59-24-22-54)11-16-36(32)61-28-34-17-18-50-42(53-34)35-9-7-8-10-37(35)58-5/h7-18,25,29,38H,6,19-24,26-28H2,1-5H3/t38-/m1/s1. The highest BCUT2D eigenvalue weighted by Gasteiger charge is 2.29. The second-order valence-corrected chi connectivity index (χ2v) is 17.6. The van der Waals surface area contributed by atoms with E-state index in [9.17, 15) is 14.0 Å². The number of hydrogen-bond acceptors (Lipinski definition) is 14. The van der Waals surface area contributed by atoms with Crippen LogP contribution in [0.4, 0.5) is 9.18 Å². The first-order valence-corrected chi connectivity index (χ1v) is 22.5. The van der Waals surface area contributed by atoms with Crippen LogP contribution in [0.2, 0.25) is 0 Å². The summed E-state index contributed by atoms with van der Waals surface area (Å²) in [6.07, 6.45) is 1.39. The van der Waals surface area contributed by atoms with E-state index in [0.29, 0.717) is 69.6 Å². The quantitative estimate of drug-likeness (QED) is 0.0803. The van der Waals surface area contributed by atoms with Gasteiger partial charge in [-0.15, -0.1) is 11.3 Å². The van der Waals surface area contributed by atoms with Gasteiger partial charge in [0.2, 0.25) is 12.0 Å². The van der Waals surface area contributed by atoms with Gasteiger partial charge < -0.3 is 33.3 Å². The molecule has 0 radical (unpaired) electrons. The lowest BCUT2D eigenvalue weighted by Gasteiger charge is -2.31. The zero-order valence-electron chi connectivity index (χ0n) is 36.3. The molecule has 336 valence electrons. The van der Waals surface area contributed by atoms with Gasteiger partial charge in [0.15, 0.2) is 5.82 Å². The van der Waals surface area contributed by atoms with Crippen molar-refractivity contribution in [2.75, 3.05) is 53.1 Å². The predicted molar refractivity (Wildman–Crippen MR) is 244 cm³/mol. The Bertz CT molecular complexity index is 2550. The maximum Gasteiger partial charge on any atom is 0.410 e. The van der Waals surface area contributed by atoms with Crippen LogP contribution in [0.3, 0.4) is 0 Å². The number of benzene rings is 3. The molecule has 1 amide bonds. The van der Waals surface area contributed by atoms with E-state index in [4.69, 9.17) is 33.4 Å². The fourth-order valence-electron chi connectivity index (χ4n) is 6.98. The first-order valence-electron chi connectivity index (χ1n) is 20.9. The largest absolute Gasteiger partial charge is 0.496 e. The van der Waals surface area contributed by atoms with E-state index in [-0.39, 0.29) is 37.9 Å². The van der Waals surface area contributed by atoms with E-state index >= 15 is 0 Å². The molecule has 1 atom stereocenters. The van der Waals surface area contributed by atoms with Crippen molar-refractivity contribution in [3.05, 3.63) is 112 Å². The molecule has 0 bridgehead atoms. The molecule has 1 saturated heterocycles. The van der Waals surface area contributed by atoms with Crippen molar-refractivity contribution in [1.29, 1.82) is 0 Å². The van der Waals surface area contributed by atoms with Crippen LogP contribution in [0.25, 0.3) is 32.0 Å². The molecule has 1 aliphatic heterocycles. The summed E-state index contributed by atoms with van der Waals surface area (Å²) in [6, 6.07) is 21.0. The van der Waals surface area contributed by atoms with E-state index < -0.39 is 23.8 Å². The van der Waals surface area contributed by atoms with E-state index in [0.717, 1.165) is 34.7 Å². The average Bonchev–Trinajstić information content (AvgIpc) is 3.63. The van der Waals surface area contributed by atoms with Gasteiger partial charge in [-0.05, 0) is 96.7 Å². The summed E-state index contributed by atoms with van der Waals surface area (Å²) in [7, 11) is 1.60. The Morgan fingerprint density at radius 2 is 1.78 bits per heavy atom. The van der Waals surface area contributed by atoms with Gasteiger partial charge in [0, 0.05) is 45.3 Å². The highest BCUT2D eigenvalue weighted by Crippen LogP contribution is 2.44. The van der Waals surface area contributed by atoms with Gasteiger partial charge in [-0.3, -0.25) is 4.90 Å². The highest BCUT2D eigenvalue weighted by molar-refractivity contribution is 9.10. The molecule has 6 aromatic rings. The van der Waals surface area contributed by atoms with Crippen LogP contribution in [0, 0.1) is 5.82 Å². The molecule has 1 aliphatic rings. The fourth-order valence-corrected chi connectivity index (χ4v) is 8.97. The smallest absolute Gasteiger partial charge is 0.410 e. The van der Waals surface area contributed by atoms with Crippen LogP contribution in [-0.4, -0.2) is 107 Å². The molecule has 3 aromatic carbocycles. The minimum atomic E-state index is -1.20. The number of thiophene rings is 1. The minimum absolute atomic E-state index is 0.00344. The number of ether oxygens (including phenoxy) is 6. The molecule has 17 heteroatoms. The van der Waals surface area contributed by atoms with Crippen molar-refractivity contribution in [3.63, 3.8) is 0 Å². The van der Waals surface area contributed by atoms with Gasteiger partial charge in [0.05, 0.1) is 52.9 Å². The number of methoxy groups -OCH3 is 1. The lowest BCUT2D eigenvalue weighted by Crippen LogP contribution is -2.44. The van der Waals surface area contributed by atoms with Gasteiger partial charge in [-0.1, -0.05) is 36.4 Å². The molecule has 0 spiro atoms. The number of carbonyl (C=O) groups excluding carboxylic acids is 2. The Balaban J connectivity index is 1.22. The number of aromatic nitrogens is 4. The zero-order valence-corrected chi connectivity index (χ0v) is 38.7. The Hall–Kier alpha value is -5.75. The van der Waals surface area contributed by atoms with E-state index in [2.05, 4.69) is 35.8 Å². The number of para-hydroxylation sites is 1. The number of esters is 1. The maximum atomic E-state index is 13.9. The van der Waals surface area contributed by atoms with Crippen LogP contribution in [0.1, 0.15) is 44.5 Å². The normalized spacial score (nSPS) is 13.6. The summed E-state index contributed by atoms with van der Waals surface area (Å²) in [4.78, 5) is 51.1. The first-order chi connectivity index (χ1) is 30.9. The van der Waals surface area contributed by atoms with Crippen molar-refractivity contribution >= 4 is 49.5 Å². The molecule has 0 unspecified atom stereocenters. The molecule has 0 N–H and O–H groups in total. The molecule has 1 fully saturated rings. The molecular formula is C47H50BrFN6O8S. The second-order valence-electron chi connectivity index (χ2n) is 15.8. The molecule has 14 nitrogen and oxygen atoms in total. The van der Waals surface area contributed by atoms with Gasteiger partial charge in [0.25, 0.3) is 0 Å². The summed E-state index contributed by atoms with van der Waals surface area (Å²) in [5, 5.41) is 0.550. The number of fused-ring (bicyclic) bond motifs is 1. The highest BCUT2D eigenvalue weighted by atomic mass is 79.9. The Kier molecular flexibility index (Phi) is 15.4. The molecule has 3 aromatic heterocycles. The van der Waals surface area contributed by atoms with Crippen LogP contribution in [-0.2, 0) is 38.6 Å². The molecule has 0 aliphatic carbocycles. The third kappa shape index (κ3) is 11.9. The Morgan fingerprint density at radius 1 is 1.00 bits per heavy atom. The summed E-state index contributed by atoms with van der Waals surface area (Å²) in [5.74, 6) is 0.753. The predicted octanol–water partition coefficient (Wildman–Crippen LogP) is 8.93. The van der Waals surface area contributed by atoms with E-state index in [1.54, 1.807) is 43.3 Å². The summed E-state index contributed by atoms with van der Waals surface area (Å²) in [5.41, 5.74) is 2.77. The fraction of sp³-hybridized carbons (Fsp3) is 0.362. The Morgan fingerprint density at radius 3 is 2.53 bits per heavy atom. The van der Waals surface area contributed by atoms with Gasteiger partial charge >= 0.3 is 12.1 Å². The summed E-state index contributed by atoms with van der Waals surface area (Å²) in [6.45, 7) is 11.5.